The Bertz CT molecular complexity index is 504. The molecule has 0 aromatic rings. The molecule has 0 aliphatic heterocycles. The fraction of sp³-hybridized carbons (Fsp3) is 1.00. The first-order chi connectivity index (χ1) is 12.4. The number of aliphatic hydroxyl groups excluding tert-OH is 2. The predicted octanol–water partition coefficient (Wildman–Crippen LogP) is 5.56. The smallest absolute Gasteiger partial charge is 0.0543 e. The molecule has 0 saturated heterocycles. The van der Waals surface area contributed by atoms with Crippen molar-refractivity contribution in [2.24, 2.45) is 40.4 Å². The van der Waals surface area contributed by atoms with Crippen molar-refractivity contribution >= 4 is 0 Å². The van der Waals surface area contributed by atoms with Crippen LogP contribution in [0.5, 0.6) is 0 Å². The van der Waals surface area contributed by atoms with Crippen LogP contribution in [0.3, 0.4) is 0 Å². The highest BCUT2D eigenvalue weighted by Gasteiger charge is 2.60. The lowest BCUT2D eigenvalue weighted by Gasteiger charge is -2.61. The van der Waals surface area contributed by atoms with Gasteiger partial charge in [-0.05, 0) is 111 Å². The van der Waals surface area contributed by atoms with Gasteiger partial charge in [0.1, 0.15) is 0 Å². The van der Waals surface area contributed by atoms with Gasteiger partial charge in [-0.1, -0.05) is 27.2 Å². The molecule has 4 fully saturated rings. The Morgan fingerprint density at radius 1 is 0.923 bits per heavy atom. The van der Waals surface area contributed by atoms with Gasteiger partial charge in [0.25, 0.3) is 0 Å². The van der Waals surface area contributed by atoms with E-state index in [1.165, 1.54) is 44.9 Å². The van der Waals surface area contributed by atoms with Crippen molar-refractivity contribution in [3.05, 3.63) is 0 Å². The molecule has 4 rings (SSSR count). The van der Waals surface area contributed by atoms with Gasteiger partial charge in [-0.15, -0.1) is 0 Å². The second kappa shape index (κ2) is 7.07. The summed E-state index contributed by atoms with van der Waals surface area (Å²) in [4.78, 5) is 0. The predicted molar refractivity (Wildman–Crippen MR) is 107 cm³/mol. The maximum atomic E-state index is 10.4. The first kappa shape index (κ1) is 19.2. The van der Waals surface area contributed by atoms with Gasteiger partial charge in [0, 0.05) is 0 Å². The number of aliphatic hydroxyl groups is 2. The molecule has 2 nitrogen and oxygen atoms in total. The fourth-order valence-electron chi connectivity index (χ4n) is 8.51. The van der Waals surface area contributed by atoms with Crippen LogP contribution in [-0.4, -0.2) is 22.4 Å². The standard InChI is InChI=1S/C24H42O2/c1-4-5-18(25)14-17-7-9-21-20-8-6-16-15-19(26)10-12-23(16,2)22(20)11-13-24(17,21)3/h16-22,25-26H,4-15H2,1-3H3/t16?,17-,18?,19?,20?,21?,22?,23?,24?/m1/s1. The zero-order valence-corrected chi connectivity index (χ0v) is 17.4. The minimum atomic E-state index is -0.0774. The lowest BCUT2D eigenvalue weighted by Crippen LogP contribution is -2.54. The zero-order valence-electron chi connectivity index (χ0n) is 17.4. The van der Waals surface area contributed by atoms with Crippen LogP contribution in [0.4, 0.5) is 0 Å². The summed E-state index contributed by atoms with van der Waals surface area (Å²) in [6, 6.07) is 0. The lowest BCUT2D eigenvalue weighted by atomic mass is 9.44. The third-order valence-electron chi connectivity index (χ3n) is 10.0. The van der Waals surface area contributed by atoms with Gasteiger partial charge in [0.05, 0.1) is 12.2 Å². The maximum Gasteiger partial charge on any atom is 0.0543 e. The van der Waals surface area contributed by atoms with Crippen molar-refractivity contribution in [2.75, 3.05) is 0 Å². The molecule has 4 aliphatic carbocycles. The molecule has 8 unspecified atom stereocenters. The Labute approximate surface area is 161 Å². The summed E-state index contributed by atoms with van der Waals surface area (Å²) in [5.41, 5.74) is 0.969. The molecule has 0 aromatic heterocycles. The first-order valence-electron chi connectivity index (χ1n) is 11.7. The molecule has 0 amide bonds. The molecule has 0 spiro atoms. The third kappa shape index (κ3) is 2.98. The van der Waals surface area contributed by atoms with E-state index in [0.29, 0.717) is 10.8 Å². The average Bonchev–Trinajstić information content (AvgIpc) is 2.92. The first-order valence-corrected chi connectivity index (χ1v) is 11.7. The summed E-state index contributed by atoms with van der Waals surface area (Å²) in [6.07, 6.45) is 14.7. The van der Waals surface area contributed by atoms with Crippen LogP contribution in [0.1, 0.15) is 97.8 Å². The minimum Gasteiger partial charge on any atom is -0.393 e. The van der Waals surface area contributed by atoms with E-state index in [-0.39, 0.29) is 12.2 Å². The van der Waals surface area contributed by atoms with E-state index in [2.05, 4.69) is 20.8 Å². The Kier molecular flexibility index (Phi) is 5.23. The molecule has 4 aliphatic rings. The molecular formula is C24H42O2. The van der Waals surface area contributed by atoms with Crippen LogP contribution in [-0.2, 0) is 0 Å². The summed E-state index contributed by atoms with van der Waals surface area (Å²) in [5, 5.41) is 20.6. The molecular weight excluding hydrogens is 320 g/mol. The van der Waals surface area contributed by atoms with Gasteiger partial charge >= 0.3 is 0 Å². The van der Waals surface area contributed by atoms with Crippen molar-refractivity contribution in [3.8, 4) is 0 Å². The van der Waals surface area contributed by atoms with E-state index in [9.17, 15) is 10.2 Å². The van der Waals surface area contributed by atoms with Crippen LogP contribution >= 0.6 is 0 Å². The SMILES string of the molecule is CCCC(O)C[C@H]1CCC2C3CCC4CC(O)CCC4(C)C3CCC21C. The van der Waals surface area contributed by atoms with Gasteiger partial charge in [0.2, 0.25) is 0 Å². The second-order valence-electron chi connectivity index (χ2n) is 11.1. The monoisotopic (exact) mass is 362 g/mol. The van der Waals surface area contributed by atoms with Crippen LogP contribution < -0.4 is 0 Å². The summed E-state index contributed by atoms with van der Waals surface area (Å²) in [5.74, 6) is 4.21. The number of hydrogen-bond acceptors (Lipinski definition) is 2. The van der Waals surface area contributed by atoms with E-state index in [4.69, 9.17) is 0 Å². The molecule has 0 aromatic carbocycles. The Balaban J connectivity index is 1.51. The number of rotatable bonds is 4. The highest BCUT2D eigenvalue weighted by molar-refractivity contribution is 5.09. The molecule has 150 valence electrons. The lowest BCUT2D eigenvalue weighted by molar-refractivity contribution is -0.128. The quantitative estimate of drug-likeness (QED) is 0.687. The van der Waals surface area contributed by atoms with E-state index >= 15 is 0 Å². The van der Waals surface area contributed by atoms with Crippen molar-refractivity contribution in [3.63, 3.8) is 0 Å². The normalized spacial score (nSPS) is 52.0. The summed E-state index contributed by atoms with van der Waals surface area (Å²) < 4.78 is 0. The highest BCUT2D eigenvalue weighted by Crippen LogP contribution is 2.67. The Morgan fingerprint density at radius 2 is 1.65 bits per heavy atom. The van der Waals surface area contributed by atoms with Crippen LogP contribution in [0.2, 0.25) is 0 Å². The molecule has 0 bridgehead atoms. The Hall–Kier alpha value is -0.0800. The number of fused-ring (bicyclic) bond motifs is 5. The molecule has 26 heavy (non-hydrogen) atoms. The number of hydrogen-bond donors (Lipinski definition) is 2. The van der Waals surface area contributed by atoms with Gasteiger partial charge in [-0.25, -0.2) is 0 Å². The van der Waals surface area contributed by atoms with Crippen molar-refractivity contribution in [1.29, 1.82) is 0 Å². The van der Waals surface area contributed by atoms with Gasteiger partial charge < -0.3 is 10.2 Å². The van der Waals surface area contributed by atoms with Crippen LogP contribution in [0.15, 0.2) is 0 Å². The van der Waals surface area contributed by atoms with Crippen molar-refractivity contribution in [1.82, 2.24) is 0 Å². The Morgan fingerprint density at radius 3 is 2.42 bits per heavy atom. The van der Waals surface area contributed by atoms with Crippen molar-refractivity contribution < 1.29 is 10.2 Å². The van der Waals surface area contributed by atoms with E-state index in [1.54, 1.807) is 0 Å². The molecule has 0 heterocycles. The van der Waals surface area contributed by atoms with E-state index < -0.39 is 0 Å². The van der Waals surface area contributed by atoms with Gasteiger partial charge in [-0.2, -0.15) is 0 Å². The van der Waals surface area contributed by atoms with E-state index in [0.717, 1.165) is 61.7 Å². The summed E-state index contributed by atoms with van der Waals surface area (Å²) in [6.45, 7) is 7.36. The highest BCUT2D eigenvalue weighted by atomic mass is 16.3. The minimum absolute atomic E-state index is 0.0330. The summed E-state index contributed by atoms with van der Waals surface area (Å²) >= 11 is 0. The summed E-state index contributed by atoms with van der Waals surface area (Å²) in [7, 11) is 0. The largest absolute Gasteiger partial charge is 0.393 e. The maximum absolute atomic E-state index is 10.4. The molecule has 9 atom stereocenters. The van der Waals surface area contributed by atoms with E-state index in [1.807, 2.05) is 0 Å². The molecule has 4 saturated carbocycles. The second-order valence-corrected chi connectivity index (χ2v) is 11.1. The van der Waals surface area contributed by atoms with Gasteiger partial charge in [-0.3, -0.25) is 0 Å². The topological polar surface area (TPSA) is 40.5 Å². The molecule has 2 N–H and O–H groups in total. The molecule has 2 heteroatoms. The molecule has 0 radical (unpaired) electrons. The zero-order chi connectivity index (χ0) is 18.5. The van der Waals surface area contributed by atoms with Gasteiger partial charge in [0.15, 0.2) is 0 Å². The van der Waals surface area contributed by atoms with Crippen molar-refractivity contribution in [2.45, 2.75) is 110 Å². The fourth-order valence-corrected chi connectivity index (χ4v) is 8.51. The third-order valence-corrected chi connectivity index (χ3v) is 10.0. The van der Waals surface area contributed by atoms with Crippen LogP contribution in [0, 0.1) is 40.4 Å². The average molecular weight is 363 g/mol. The van der Waals surface area contributed by atoms with Crippen LogP contribution in [0.25, 0.3) is 0 Å².